The van der Waals surface area contributed by atoms with Gasteiger partial charge < -0.3 is 10.1 Å². The molecular weight excluding hydrogens is 296 g/mol. The zero-order valence-electron chi connectivity index (χ0n) is 12.9. The first kappa shape index (κ1) is 14.7. The van der Waals surface area contributed by atoms with Gasteiger partial charge in [-0.1, -0.05) is 0 Å². The Morgan fingerprint density at radius 2 is 2.32 bits per heavy atom. The van der Waals surface area contributed by atoms with Crippen LogP contribution in [0.4, 0.5) is 0 Å². The summed E-state index contributed by atoms with van der Waals surface area (Å²) >= 11 is 1.77. The molecule has 1 saturated carbocycles. The molecule has 2 aliphatic heterocycles. The lowest BCUT2D eigenvalue weighted by molar-refractivity contribution is -0.122. The summed E-state index contributed by atoms with van der Waals surface area (Å²) in [6.45, 7) is 4.89. The van der Waals surface area contributed by atoms with Gasteiger partial charge in [-0.2, -0.15) is 11.3 Å². The standard InChI is InChI=1S/C17H24N2O2S/c20-17(13-1-2-13)18-7-16-15-9-19(5-3-14(15)10-21-16)8-12-4-6-22-11-12/h4,6,11,13-16H,1-3,5,7-10H2,(H,18,20)/t14-,15-,16+/m1/s1. The van der Waals surface area contributed by atoms with E-state index >= 15 is 0 Å². The van der Waals surface area contributed by atoms with Crippen LogP contribution in [0, 0.1) is 17.8 Å². The highest BCUT2D eigenvalue weighted by Crippen LogP contribution is 2.35. The molecule has 4 nitrogen and oxygen atoms in total. The first-order chi connectivity index (χ1) is 10.8. The fourth-order valence-corrected chi connectivity index (χ4v) is 4.45. The van der Waals surface area contributed by atoms with Crippen LogP contribution in [0.3, 0.4) is 0 Å². The number of nitrogens with one attached hydrogen (secondary N) is 1. The molecule has 3 aliphatic rings. The van der Waals surface area contributed by atoms with Crippen molar-refractivity contribution in [1.29, 1.82) is 0 Å². The minimum atomic E-state index is 0.206. The molecule has 3 atom stereocenters. The van der Waals surface area contributed by atoms with Crippen LogP contribution in [0.25, 0.3) is 0 Å². The topological polar surface area (TPSA) is 41.6 Å². The van der Waals surface area contributed by atoms with Crippen molar-refractivity contribution in [3.05, 3.63) is 22.4 Å². The summed E-state index contributed by atoms with van der Waals surface area (Å²) in [5, 5.41) is 7.49. The van der Waals surface area contributed by atoms with Gasteiger partial charge in [0, 0.05) is 31.5 Å². The van der Waals surface area contributed by atoms with Gasteiger partial charge in [0.05, 0.1) is 12.7 Å². The predicted octanol–water partition coefficient (Wildman–Crippen LogP) is 2.11. The Balaban J connectivity index is 1.31. The molecule has 1 aromatic heterocycles. The number of ether oxygens (including phenoxy) is 1. The number of carbonyl (C=O) groups excluding carboxylic acids is 1. The molecule has 1 amide bonds. The smallest absolute Gasteiger partial charge is 0.223 e. The summed E-state index contributed by atoms with van der Waals surface area (Å²) in [6.07, 6.45) is 3.57. The van der Waals surface area contributed by atoms with E-state index in [1.54, 1.807) is 11.3 Å². The molecule has 3 heterocycles. The monoisotopic (exact) mass is 320 g/mol. The third kappa shape index (κ3) is 3.21. The van der Waals surface area contributed by atoms with Gasteiger partial charge in [0.15, 0.2) is 0 Å². The van der Waals surface area contributed by atoms with Gasteiger partial charge in [-0.05, 0) is 54.1 Å². The zero-order valence-corrected chi connectivity index (χ0v) is 13.7. The first-order valence-electron chi connectivity index (χ1n) is 8.42. The minimum absolute atomic E-state index is 0.206. The van der Waals surface area contributed by atoms with Crippen LogP contribution < -0.4 is 5.32 Å². The van der Waals surface area contributed by atoms with Crippen LogP contribution in [-0.2, 0) is 16.1 Å². The molecule has 120 valence electrons. The normalized spacial score (nSPS) is 31.9. The Morgan fingerprint density at radius 1 is 1.41 bits per heavy atom. The molecular formula is C17H24N2O2S. The Bertz CT molecular complexity index is 515. The number of carbonyl (C=O) groups is 1. The number of rotatable bonds is 5. The van der Waals surface area contributed by atoms with E-state index in [1.165, 1.54) is 18.5 Å². The predicted molar refractivity (Wildman–Crippen MR) is 86.7 cm³/mol. The summed E-state index contributed by atoms with van der Waals surface area (Å²) in [4.78, 5) is 14.4. The highest BCUT2D eigenvalue weighted by molar-refractivity contribution is 7.07. The highest BCUT2D eigenvalue weighted by Gasteiger charge is 2.41. The molecule has 0 unspecified atom stereocenters. The van der Waals surface area contributed by atoms with Crippen LogP contribution in [0.15, 0.2) is 16.8 Å². The molecule has 2 saturated heterocycles. The average Bonchev–Trinajstić information content (AvgIpc) is 3.12. The number of amides is 1. The average molecular weight is 320 g/mol. The van der Waals surface area contributed by atoms with E-state index in [-0.39, 0.29) is 12.0 Å². The molecule has 5 heteroatoms. The quantitative estimate of drug-likeness (QED) is 0.903. The molecule has 0 aromatic carbocycles. The number of thiophene rings is 1. The summed E-state index contributed by atoms with van der Waals surface area (Å²) < 4.78 is 5.99. The van der Waals surface area contributed by atoms with Crippen molar-refractivity contribution in [1.82, 2.24) is 10.2 Å². The van der Waals surface area contributed by atoms with E-state index in [2.05, 4.69) is 27.0 Å². The lowest BCUT2D eigenvalue weighted by Gasteiger charge is -2.36. The van der Waals surface area contributed by atoms with Gasteiger partial charge in [-0.25, -0.2) is 0 Å². The summed E-state index contributed by atoms with van der Waals surface area (Å²) in [5.41, 5.74) is 1.42. The van der Waals surface area contributed by atoms with Crippen molar-refractivity contribution >= 4 is 17.2 Å². The number of fused-ring (bicyclic) bond motifs is 1. The third-order valence-electron chi connectivity index (χ3n) is 5.30. The maximum atomic E-state index is 11.8. The van der Waals surface area contributed by atoms with Crippen LogP contribution >= 0.6 is 11.3 Å². The lowest BCUT2D eigenvalue weighted by Crippen LogP contribution is -2.45. The molecule has 1 N–H and O–H groups in total. The number of hydrogen-bond acceptors (Lipinski definition) is 4. The van der Waals surface area contributed by atoms with Gasteiger partial charge >= 0.3 is 0 Å². The van der Waals surface area contributed by atoms with Crippen molar-refractivity contribution in [3.63, 3.8) is 0 Å². The Labute approximate surface area is 135 Å². The molecule has 3 fully saturated rings. The van der Waals surface area contributed by atoms with E-state index in [0.29, 0.717) is 24.3 Å². The van der Waals surface area contributed by atoms with Gasteiger partial charge in [-0.3, -0.25) is 9.69 Å². The fraction of sp³-hybridized carbons (Fsp3) is 0.706. The third-order valence-corrected chi connectivity index (χ3v) is 6.04. The lowest BCUT2D eigenvalue weighted by atomic mass is 9.84. The maximum absolute atomic E-state index is 11.8. The fourth-order valence-electron chi connectivity index (χ4n) is 3.79. The number of hydrogen-bond donors (Lipinski definition) is 1. The summed E-state index contributed by atoms with van der Waals surface area (Å²) in [5.74, 6) is 1.78. The molecule has 0 spiro atoms. The van der Waals surface area contributed by atoms with Crippen molar-refractivity contribution in [2.45, 2.75) is 31.9 Å². The largest absolute Gasteiger partial charge is 0.376 e. The van der Waals surface area contributed by atoms with Gasteiger partial charge in [0.1, 0.15) is 0 Å². The van der Waals surface area contributed by atoms with Crippen LogP contribution in [0.1, 0.15) is 24.8 Å². The molecule has 1 aliphatic carbocycles. The Hall–Kier alpha value is -0.910. The SMILES string of the molecule is O=C(NC[C@@H]1OC[C@H]2CCN(Cc3ccsc3)C[C@H]21)C1CC1. The summed E-state index contributed by atoms with van der Waals surface area (Å²) in [6, 6.07) is 2.22. The molecule has 1 aromatic rings. The van der Waals surface area contributed by atoms with E-state index in [0.717, 1.165) is 32.5 Å². The minimum Gasteiger partial charge on any atom is -0.376 e. The molecule has 0 bridgehead atoms. The van der Waals surface area contributed by atoms with E-state index < -0.39 is 0 Å². The first-order valence-corrected chi connectivity index (χ1v) is 9.36. The van der Waals surface area contributed by atoms with Gasteiger partial charge in [0.25, 0.3) is 0 Å². The molecule has 4 rings (SSSR count). The van der Waals surface area contributed by atoms with Gasteiger partial charge in [-0.15, -0.1) is 0 Å². The molecule has 0 radical (unpaired) electrons. The van der Waals surface area contributed by atoms with Crippen molar-refractivity contribution in [2.75, 3.05) is 26.2 Å². The molecule has 22 heavy (non-hydrogen) atoms. The zero-order chi connectivity index (χ0) is 14.9. The number of nitrogens with zero attached hydrogens (tertiary/aromatic N) is 1. The summed E-state index contributed by atoms with van der Waals surface area (Å²) in [7, 11) is 0. The maximum Gasteiger partial charge on any atom is 0.223 e. The van der Waals surface area contributed by atoms with Gasteiger partial charge in [0.2, 0.25) is 5.91 Å². The second-order valence-corrected chi connectivity index (χ2v) is 7.75. The van der Waals surface area contributed by atoms with Crippen LogP contribution in [0.5, 0.6) is 0 Å². The van der Waals surface area contributed by atoms with Crippen LogP contribution in [-0.4, -0.2) is 43.2 Å². The van der Waals surface area contributed by atoms with Crippen molar-refractivity contribution in [2.24, 2.45) is 17.8 Å². The van der Waals surface area contributed by atoms with Crippen molar-refractivity contribution in [3.8, 4) is 0 Å². The number of piperidine rings is 1. The van der Waals surface area contributed by atoms with Crippen molar-refractivity contribution < 1.29 is 9.53 Å². The Morgan fingerprint density at radius 3 is 3.09 bits per heavy atom. The van der Waals surface area contributed by atoms with Crippen LogP contribution in [0.2, 0.25) is 0 Å². The highest BCUT2D eigenvalue weighted by atomic mass is 32.1. The second kappa shape index (κ2) is 6.30. The second-order valence-electron chi connectivity index (χ2n) is 6.97. The Kier molecular flexibility index (Phi) is 4.20. The number of likely N-dealkylation sites (tertiary alicyclic amines) is 1. The van der Waals surface area contributed by atoms with E-state index in [1.807, 2.05) is 0 Å². The van der Waals surface area contributed by atoms with E-state index in [9.17, 15) is 4.79 Å². The van der Waals surface area contributed by atoms with E-state index in [4.69, 9.17) is 4.74 Å².